The van der Waals surface area contributed by atoms with E-state index in [4.69, 9.17) is 23.2 Å². The minimum absolute atomic E-state index is 0.551. The third-order valence-electron chi connectivity index (χ3n) is 3.10. The van der Waals surface area contributed by atoms with Gasteiger partial charge in [0, 0.05) is 12.6 Å². The predicted molar refractivity (Wildman–Crippen MR) is 65.1 cm³/mol. The van der Waals surface area contributed by atoms with Crippen LogP contribution in [0.25, 0.3) is 0 Å². The van der Waals surface area contributed by atoms with E-state index < -0.39 is 0 Å². The molecule has 0 saturated heterocycles. The summed E-state index contributed by atoms with van der Waals surface area (Å²) in [6, 6.07) is 4.34. The van der Waals surface area contributed by atoms with Gasteiger partial charge in [0.25, 0.3) is 0 Å². The second kappa shape index (κ2) is 3.46. The average molecular weight is 243 g/mol. The molecule has 0 bridgehead atoms. The van der Waals surface area contributed by atoms with Crippen LogP contribution >= 0.6 is 23.2 Å². The number of benzene rings is 1. The third kappa shape index (κ3) is 1.77. The van der Waals surface area contributed by atoms with Gasteiger partial charge in [0.05, 0.1) is 21.4 Å². The Hall–Kier alpha value is -0.600. The molecule has 80 valence electrons. The fraction of sp³-hybridized carbons (Fsp3) is 0.455. The molecule has 2 nitrogen and oxygen atoms in total. The first-order valence-electron chi connectivity index (χ1n) is 5.23. The molecule has 1 atom stereocenters. The fourth-order valence-corrected chi connectivity index (χ4v) is 2.39. The van der Waals surface area contributed by atoms with Gasteiger partial charge in [-0.25, -0.2) is 0 Å². The molecule has 1 heterocycles. The summed E-state index contributed by atoms with van der Waals surface area (Å²) in [4.78, 5) is 0. The highest BCUT2D eigenvalue weighted by atomic mass is 35.5. The van der Waals surface area contributed by atoms with Crippen molar-refractivity contribution in [2.75, 3.05) is 17.2 Å². The van der Waals surface area contributed by atoms with Crippen LogP contribution in [-0.2, 0) is 0 Å². The van der Waals surface area contributed by atoms with Crippen LogP contribution in [0.15, 0.2) is 12.1 Å². The zero-order valence-corrected chi connectivity index (χ0v) is 9.70. The first-order chi connectivity index (χ1) is 7.24. The Balaban J connectivity index is 1.91. The molecule has 1 aliphatic carbocycles. The number of hydrogen-bond donors (Lipinski definition) is 2. The molecule has 2 N–H and O–H groups in total. The summed E-state index contributed by atoms with van der Waals surface area (Å²) in [5.74, 6) is 0.833. The Kier molecular flexibility index (Phi) is 2.22. The van der Waals surface area contributed by atoms with Crippen LogP contribution in [0.1, 0.15) is 12.8 Å². The Morgan fingerprint density at radius 3 is 2.40 bits per heavy atom. The standard InChI is InChI=1S/C11H12Cl2N2/c12-7-3-9-10(4-8(7)13)15-11(5-14-9)6-1-2-6/h3-4,6,11,14-15H,1-2,5H2. The SMILES string of the molecule is Clc1cc2c(cc1Cl)NC(C1CC1)CN2. The van der Waals surface area contributed by atoms with Crippen LogP contribution in [0.3, 0.4) is 0 Å². The summed E-state index contributed by atoms with van der Waals surface area (Å²) in [5.41, 5.74) is 2.13. The maximum Gasteiger partial charge on any atom is 0.0614 e. The van der Waals surface area contributed by atoms with Gasteiger partial charge in [-0.05, 0) is 30.9 Å². The van der Waals surface area contributed by atoms with Crippen LogP contribution in [-0.4, -0.2) is 12.6 Å². The minimum atomic E-state index is 0.551. The Morgan fingerprint density at radius 1 is 1.07 bits per heavy atom. The molecule has 1 unspecified atom stereocenters. The summed E-state index contributed by atoms with van der Waals surface area (Å²) in [6.45, 7) is 0.982. The fourth-order valence-electron chi connectivity index (χ4n) is 2.07. The molecular weight excluding hydrogens is 231 g/mol. The monoisotopic (exact) mass is 242 g/mol. The number of anilines is 2. The quantitative estimate of drug-likeness (QED) is 0.787. The lowest BCUT2D eigenvalue weighted by atomic mass is 10.1. The van der Waals surface area contributed by atoms with Crippen molar-refractivity contribution >= 4 is 34.6 Å². The second-order valence-electron chi connectivity index (χ2n) is 4.28. The lowest BCUT2D eigenvalue weighted by molar-refractivity contribution is 0.653. The largest absolute Gasteiger partial charge is 0.381 e. The maximum absolute atomic E-state index is 5.99. The number of hydrogen-bond acceptors (Lipinski definition) is 2. The molecule has 1 aliphatic heterocycles. The van der Waals surface area contributed by atoms with Crippen LogP contribution in [0.5, 0.6) is 0 Å². The van der Waals surface area contributed by atoms with Crippen molar-refractivity contribution in [1.29, 1.82) is 0 Å². The predicted octanol–water partition coefficient (Wildman–Crippen LogP) is 3.61. The van der Waals surface area contributed by atoms with E-state index in [-0.39, 0.29) is 0 Å². The van der Waals surface area contributed by atoms with Gasteiger partial charge < -0.3 is 10.6 Å². The number of fused-ring (bicyclic) bond motifs is 1. The van der Waals surface area contributed by atoms with Crippen LogP contribution in [0.2, 0.25) is 10.0 Å². The smallest absolute Gasteiger partial charge is 0.0614 e. The van der Waals surface area contributed by atoms with Crippen molar-refractivity contribution < 1.29 is 0 Å². The van der Waals surface area contributed by atoms with Crippen molar-refractivity contribution in [3.8, 4) is 0 Å². The van der Waals surface area contributed by atoms with Gasteiger partial charge >= 0.3 is 0 Å². The summed E-state index contributed by atoms with van der Waals surface area (Å²) in [7, 11) is 0. The first kappa shape index (κ1) is 9.61. The maximum atomic E-state index is 5.99. The molecular formula is C11H12Cl2N2. The molecule has 0 spiro atoms. The van der Waals surface area contributed by atoms with E-state index >= 15 is 0 Å². The Bertz CT molecular complexity index is 402. The van der Waals surface area contributed by atoms with Crippen molar-refractivity contribution in [2.24, 2.45) is 5.92 Å². The van der Waals surface area contributed by atoms with Gasteiger partial charge in [0.1, 0.15) is 0 Å². The lowest BCUT2D eigenvalue weighted by Crippen LogP contribution is -2.34. The average Bonchev–Trinajstić information content (AvgIpc) is 3.02. The molecule has 1 saturated carbocycles. The van der Waals surface area contributed by atoms with Gasteiger partial charge in [-0.15, -0.1) is 0 Å². The van der Waals surface area contributed by atoms with Crippen LogP contribution in [0.4, 0.5) is 11.4 Å². The molecule has 1 aromatic carbocycles. The molecule has 2 aliphatic rings. The Labute approximate surface area is 99.0 Å². The summed E-state index contributed by atoms with van der Waals surface area (Å²) < 4.78 is 0. The molecule has 1 aromatic rings. The highest BCUT2D eigenvalue weighted by Gasteiger charge is 2.33. The van der Waals surface area contributed by atoms with E-state index in [1.807, 2.05) is 12.1 Å². The molecule has 0 radical (unpaired) electrons. The van der Waals surface area contributed by atoms with E-state index in [0.717, 1.165) is 23.8 Å². The van der Waals surface area contributed by atoms with Crippen molar-refractivity contribution in [2.45, 2.75) is 18.9 Å². The molecule has 1 fully saturated rings. The molecule has 4 heteroatoms. The van der Waals surface area contributed by atoms with Crippen LogP contribution < -0.4 is 10.6 Å². The first-order valence-corrected chi connectivity index (χ1v) is 5.99. The van der Waals surface area contributed by atoms with E-state index in [0.29, 0.717) is 16.1 Å². The van der Waals surface area contributed by atoms with Crippen molar-refractivity contribution in [3.05, 3.63) is 22.2 Å². The van der Waals surface area contributed by atoms with Gasteiger partial charge in [0.2, 0.25) is 0 Å². The van der Waals surface area contributed by atoms with E-state index in [9.17, 15) is 0 Å². The highest BCUT2D eigenvalue weighted by molar-refractivity contribution is 6.42. The summed E-state index contributed by atoms with van der Waals surface area (Å²) in [5, 5.41) is 8.14. The number of halogens is 2. The van der Waals surface area contributed by atoms with Gasteiger partial charge in [-0.3, -0.25) is 0 Å². The van der Waals surface area contributed by atoms with E-state index in [2.05, 4.69) is 10.6 Å². The number of rotatable bonds is 1. The molecule has 0 amide bonds. The highest BCUT2D eigenvalue weighted by Crippen LogP contribution is 2.40. The van der Waals surface area contributed by atoms with Crippen molar-refractivity contribution in [1.82, 2.24) is 0 Å². The third-order valence-corrected chi connectivity index (χ3v) is 3.83. The van der Waals surface area contributed by atoms with E-state index in [1.165, 1.54) is 12.8 Å². The Morgan fingerprint density at radius 2 is 1.73 bits per heavy atom. The normalized spacial score (nSPS) is 24.0. The molecule has 3 rings (SSSR count). The second-order valence-corrected chi connectivity index (χ2v) is 5.10. The van der Waals surface area contributed by atoms with E-state index in [1.54, 1.807) is 0 Å². The minimum Gasteiger partial charge on any atom is -0.381 e. The number of nitrogens with one attached hydrogen (secondary N) is 2. The zero-order chi connectivity index (χ0) is 10.4. The zero-order valence-electron chi connectivity index (χ0n) is 8.19. The van der Waals surface area contributed by atoms with Crippen molar-refractivity contribution in [3.63, 3.8) is 0 Å². The molecule has 0 aromatic heterocycles. The van der Waals surface area contributed by atoms with Gasteiger partial charge in [-0.2, -0.15) is 0 Å². The molecule has 15 heavy (non-hydrogen) atoms. The topological polar surface area (TPSA) is 24.1 Å². The summed E-state index contributed by atoms with van der Waals surface area (Å²) in [6.07, 6.45) is 2.69. The summed E-state index contributed by atoms with van der Waals surface area (Å²) >= 11 is 11.9. The van der Waals surface area contributed by atoms with Crippen LogP contribution in [0, 0.1) is 5.92 Å². The van der Waals surface area contributed by atoms with Gasteiger partial charge in [0.15, 0.2) is 0 Å². The lowest BCUT2D eigenvalue weighted by Gasteiger charge is -2.28. The van der Waals surface area contributed by atoms with Gasteiger partial charge in [-0.1, -0.05) is 23.2 Å².